The minimum absolute atomic E-state index is 0.0650. The zero-order valence-electron chi connectivity index (χ0n) is 10.2. The number of carbonyl (C=O) groups is 1. The third-order valence-electron chi connectivity index (χ3n) is 2.73. The van der Waals surface area contributed by atoms with Crippen LogP contribution in [0.15, 0.2) is 24.3 Å². The van der Waals surface area contributed by atoms with Crippen molar-refractivity contribution in [2.45, 2.75) is 6.61 Å². The van der Waals surface area contributed by atoms with Gasteiger partial charge in [0.15, 0.2) is 0 Å². The highest BCUT2D eigenvalue weighted by Gasteiger charge is 2.15. The lowest BCUT2D eigenvalue weighted by atomic mass is 10.3. The van der Waals surface area contributed by atoms with Crippen LogP contribution in [0.2, 0.25) is 0 Å². The number of hydrogen-bond donors (Lipinski definition) is 2. The van der Waals surface area contributed by atoms with Gasteiger partial charge in [0.25, 0.3) is 0 Å². The van der Waals surface area contributed by atoms with E-state index < -0.39 is 6.61 Å². The first-order valence-electron chi connectivity index (χ1n) is 5.96. The third kappa shape index (κ3) is 4.06. The van der Waals surface area contributed by atoms with Gasteiger partial charge in [-0.1, -0.05) is 0 Å². The molecule has 0 bridgehead atoms. The molecule has 0 aliphatic carbocycles. The zero-order chi connectivity index (χ0) is 13.7. The first-order chi connectivity index (χ1) is 9.15. The second-order valence-corrected chi connectivity index (χ2v) is 4.07. The highest BCUT2D eigenvalue weighted by Crippen LogP contribution is 2.18. The minimum atomic E-state index is -2.85. The SMILES string of the molecule is O=C(Nc1ccc(OC(F)F)cc1)N1CCNCC1. The Bertz CT molecular complexity index is 419. The van der Waals surface area contributed by atoms with Crippen molar-refractivity contribution in [3.05, 3.63) is 24.3 Å². The molecule has 1 aliphatic rings. The van der Waals surface area contributed by atoms with Crippen LogP contribution in [0, 0.1) is 0 Å². The summed E-state index contributed by atoms with van der Waals surface area (Å²) in [6.07, 6.45) is 0. The molecule has 1 saturated heterocycles. The number of nitrogens with one attached hydrogen (secondary N) is 2. The van der Waals surface area contributed by atoms with Crippen molar-refractivity contribution in [2.75, 3.05) is 31.5 Å². The second kappa shape index (κ2) is 6.33. The van der Waals surface area contributed by atoms with Crippen molar-refractivity contribution in [3.63, 3.8) is 0 Å². The molecule has 0 radical (unpaired) electrons. The number of nitrogens with zero attached hydrogens (tertiary/aromatic N) is 1. The van der Waals surface area contributed by atoms with Crippen molar-refractivity contribution in [3.8, 4) is 5.75 Å². The lowest BCUT2D eigenvalue weighted by molar-refractivity contribution is -0.0498. The smallest absolute Gasteiger partial charge is 0.387 e. The fourth-order valence-corrected chi connectivity index (χ4v) is 1.79. The van der Waals surface area contributed by atoms with Crippen LogP contribution in [0.3, 0.4) is 0 Å². The molecule has 0 unspecified atom stereocenters. The maximum absolute atomic E-state index is 12.0. The van der Waals surface area contributed by atoms with E-state index in [0.29, 0.717) is 18.8 Å². The summed E-state index contributed by atoms with van der Waals surface area (Å²) >= 11 is 0. The van der Waals surface area contributed by atoms with Gasteiger partial charge in [-0.3, -0.25) is 0 Å². The van der Waals surface area contributed by atoms with Crippen molar-refractivity contribution >= 4 is 11.7 Å². The van der Waals surface area contributed by atoms with Gasteiger partial charge in [0.1, 0.15) is 5.75 Å². The van der Waals surface area contributed by atoms with Gasteiger partial charge in [0, 0.05) is 31.9 Å². The number of hydrogen-bond acceptors (Lipinski definition) is 3. The molecule has 19 heavy (non-hydrogen) atoms. The average molecular weight is 271 g/mol. The lowest BCUT2D eigenvalue weighted by Gasteiger charge is -2.27. The summed E-state index contributed by atoms with van der Waals surface area (Å²) in [4.78, 5) is 13.6. The monoisotopic (exact) mass is 271 g/mol. The molecule has 0 spiro atoms. The van der Waals surface area contributed by atoms with E-state index in [0.717, 1.165) is 13.1 Å². The largest absolute Gasteiger partial charge is 0.435 e. The van der Waals surface area contributed by atoms with E-state index in [-0.39, 0.29) is 11.8 Å². The number of benzene rings is 1. The lowest BCUT2D eigenvalue weighted by Crippen LogP contribution is -2.48. The van der Waals surface area contributed by atoms with Crippen LogP contribution in [0.5, 0.6) is 5.75 Å². The van der Waals surface area contributed by atoms with Crippen LogP contribution in [0.25, 0.3) is 0 Å². The highest BCUT2D eigenvalue weighted by molar-refractivity contribution is 5.89. The Morgan fingerprint density at radius 2 is 1.89 bits per heavy atom. The van der Waals surface area contributed by atoms with Crippen LogP contribution in [0.4, 0.5) is 19.3 Å². The summed E-state index contributed by atoms with van der Waals surface area (Å²) in [7, 11) is 0. The average Bonchev–Trinajstić information content (AvgIpc) is 2.41. The molecule has 0 atom stereocenters. The first-order valence-corrected chi connectivity index (χ1v) is 5.96. The topological polar surface area (TPSA) is 53.6 Å². The first kappa shape index (κ1) is 13.5. The molecule has 1 fully saturated rings. The quantitative estimate of drug-likeness (QED) is 0.880. The molecule has 104 valence electrons. The van der Waals surface area contributed by atoms with Crippen LogP contribution >= 0.6 is 0 Å². The Hall–Kier alpha value is -1.89. The number of anilines is 1. The summed E-state index contributed by atoms with van der Waals surface area (Å²) in [6.45, 7) is 0.00119. The number of alkyl halides is 2. The number of rotatable bonds is 3. The Morgan fingerprint density at radius 3 is 2.47 bits per heavy atom. The molecule has 1 heterocycles. The molecule has 2 N–H and O–H groups in total. The molecule has 7 heteroatoms. The predicted molar refractivity (Wildman–Crippen MR) is 66.5 cm³/mol. The normalized spacial score (nSPS) is 15.4. The molecular weight excluding hydrogens is 256 g/mol. The summed E-state index contributed by atoms with van der Waals surface area (Å²) in [5.74, 6) is 0.0650. The molecule has 2 rings (SSSR count). The fraction of sp³-hybridized carbons (Fsp3) is 0.417. The van der Waals surface area contributed by atoms with Crippen LogP contribution < -0.4 is 15.4 Å². The van der Waals surface area contributed by atoms with E-state index >= 15 is 0 Å². The van der Waals surface area contributed by atoms with E-state index in [1.54, 1.807) is 4.90 Å². The fourth-order valence-electron chi connectivity index (χ4n) is 1.79. The maximum atomic E-state index is 12.0. The Balaban J connectivity index is 1.89. The van der Waals surface area contributed by atoms with E-state index in [9.17, 15) is 13.6 Å². The molecule has 2 amide bonds. The summed E-state index contributed by atoms with van der Waals surface area (Å²) < 4.78 is 28.2. The van der Waals surface area contributed by atoms with E-state index in [4.69, 9.17) is 0 Å². The highest BCUT2D eigenvalue weighted by atomic mass is 19.3. The number of amides is 2. The van der Waals surface area contributed by atoms with Crippen LogP contribution in [0.1, 0.15) is 0 Å². The van der Waals surface area contributed by atoms with Crippen LogP contribution in [-0.4, -0.2) is 43.7 Å². The zero-order valence-corrected chi connectivity index (χ0v) is 10.2. The third-order valence-corrected chi connectivity index (χ3v) is 2.73. The number of halogens is 2. The van der Waals surface area contributed by atoms with E-state index in [2.05, 4.69) is 15.4 Å². The van der Waals surface area contributed by atoms with Crippen molar-refractivity contribution in [2.24, 2.45) is 0 Å². The van der Waals surface area contributed by atoms with E-state index in [1.807, 2.05) is 0 Å². The van der Waals surface area contributed by atoms with Crippen molar-refractivity contribution < 1.29 is 18.3 Å². The maximum Gasteiger partial charge on any atom is 0.387 e. The van der Waals surface area contributed by atoms with Gasteiger partial charge >= 0.3 is 12.6 Å². The van der Waals surface area contributed by atoms with Crippen molar-refractivity contribution in [1.29, 1.82) is 0 Å². The van der Waals surface area contributed by atoms with Gasteiger partial charge < -0.3 is 20.3 Å². The van der Waals surface area contributed by atoms with Gasteiger partial charge in [-0.15, -0.1) is 0 Å². The summed E-state index contributed by atoms with van der Waals surface area (Å²) in [6, 6.07) is 5.64. The number of ether oxygens (including phenoxy) is 1. The predicted octanol–water partition coefficient (Wildman–Crippen LogP) is 1.73. The summed E-state index contributed by atoms with van der Waals surface area (Å²) in [5, 5.41) is 5.86. The van der Waals surface area contributed by atoms with Gasteiger partial charge in [-0.25, -0.2) is 4.79 Å². The summed E-state index contributed by atoms with van der Waals surface area (Å²) in [5.41, 5.74) is 0.546. The molecule has 1 aromatic carbocycles. The van der Waals surface area contributed by atoms with Crippen molar-refractivity contribution in [1.82, 2.24) is 10.2 Å². The van der Waals surface area contributed by atoms with Gasteiger partial charge in [0.05, 0.1) is 0 Å². The molecule has 0 aromatic heterocycles. The van der Waals surface area contributed by atoms with E-state index in [1.165, 1.54) is 24.3 Å². The standard InChI is InChI=1S/C12H15F2N3O2/c13-11(14)19-10-3-1-9(2-4-10)16-12(18)17-7-5-15-6-8-17/h1-4,11,15H,5-8H2,(H,16,18). The molecule has 0 saturated carbocycles. The molecule has 5 nitrogen and oxygen atoms in total. The Kier molecular flexibility index (Phi) is 4.51. The van der Waals surface area contributed by atoms with Gasteiger partial charge in [-0.05, 0) is 24.3 Å². The Morgan fingerprint density at radius 1 is 1.26 bits per heavy atom. The molecular formula is C12H15F2N3O2. The molecule has 1 aliphatic heterocycles. The van der Waals surface area contributed by atoms with Gasteiger partial charge in [0.2, 0.25) is 0 Å². The van der Waals surface area contributed by atoms with Gasteiger partial charge in [-0.2, -0.15) is 8.78 Å². The molecule has 1 aromatic rings. The minimum Gasteiger partial charge on any atom is -0.435 e. The number of urea groups is 1. The number of carbonyl (C=O) groups excluding carboxylic acids is 1. The Labute approximate surface area is 109 Å². The number of piperazine rings is 1. The van der Waals surface area contributed by atoms with Crippen LogP contribution in [-0.2, 0) is 0 Å². The second-order valence-electron chi connectivity index (χ2n) is 4.07.